The van der Waals surface area contributed by atoms with Crippen LogP contribution in [0, 0.1) is 0 Å². The second kappa shape index (κ2) is 3.77. The number of nitrogens with two attached hydrogens (primary N) is 1. The number of H-pyrrole nitrogens is 1. The van der Waals surface area contributed by atoms with Gasteiger partial charge in [-0.3, -0.25) is 4.57 Å². The number of aromatic nitrogens is 2. The molecule has 0 fully saturated rings. The second-order valence-electron chi connectivity index (χ2n) is 4.07. The fraction of sp³-hybridized carbons (Fsp3) is 0.364. The monoisotopic (exact) mass is 221 g/mol. The molecule has 2 unspecified atom stereocenters. The SMILES string of the molecule is CC(N)C(O)c1ccc2c(c1)[nH]c(=O)n2C. The Morgan fingerprint density at radius 2 is 2.19 bits per heavy atom. The van der Waals surface area contributed by atoms with Gasteiger partial charge < -0.3 is 15.8 Å². The highest BCUT2D eigenvalue weighted by molar-refractivity contribution is 5.76. The molecule has 86 valence electrons. The molecule has 0 saturated carbocycles. The predicted molar refractivity (Wildman–Crippen MR) is 62.1 cm³/mol. The Hall–Kier alpha value is -1.59. The molecule has 1 aromatic carbocycles. The summed E-state index contributed by atoms with van der Waals surface area (Å²) in [5.41, 5.74) is 7.69. The van der Waals surface area contributed by atoms with Crippen molar-refractivity contribution >= 4 is 11.0 Å². The van der Waals surface area contributed by atoms with Crippen LogP contribution >= 0.6 is 0 Å². The lowest BCUT2D eigenvalue weighted by atomic mass is 10.0. The normalized spacial score (nSPS) is 15.2. The van der Waals surface area contributed by atoms with Crippen LogP contribution in [0.5, 0.6) is 0 Å². The number of nitrogens with zero attached hydrogens (tertiary/aromatic N) is 1. The Balaban J connectivity index is 2.57. The Bertz CT molecular complexity index is 568. The average molecular weight is 221 g/mol. The van der Waals surface area contributed by atoms with Crippen LogP contribution in [0.25, 0.3) is 11.0 Å². The number of aryl methyl sites for hydroxylation is 1. The summed E-state index contributed by atoms with van der Waals surface area (Å²) >= 11 is 0. The second-order valence-corrected chi connectivity index (χ2v) is 4.07. The van der Waals surface area contributed by atoms with Gasteiger partial charge in [0, 0.05) is 13.1 Å². The number of aromatic amines is 1. The van der Waals surface area contributed by atoms with Gasteiger partial charge >= 0.3 is 5.69 Å². The maximum absolute atomic E-state index is 11.4. The van der Waals surface area contributed by atoms with Gasteiger partial charge in [-0.1, -0.05) is 6.07 Å². The van der Waals surface area contributed by atoms with Gasteiger partial charge in [-0.25, -0.2) is 4.79 Å². The molecule has 1 aromatic heterocycles. The zero-order valence-electron chi connectivity index (χ0n) is 9.27. The van der Waals surface area contributed by atoms with Crippen molar-refractivity contribution in [2.24, 2.45) is 12.8 Å². The quantitative estimate of drug-likeness (QED) is 0.679. The van der Waals surface area contributed by atoms with Gasteiger partial charge in [0.15, 0.2) is 0 Å². The average Bonchev–Trinajstić information content (AvgIpc) is 2.53. The van der Waals surface area contributed by atoms with Crippen molar-refractivity contribution in [3.8, 4) is 0 Å². The smallest absolute Gasteiger partial charge is 0.326 e. The van der Waals surface area contributed by atoms with Crippen molar-refractivity contribution in [1.29, 1.82) is 0 Å². The maximum Gasteiger partial charge on any atom is 0.326 e. The topological polar surface area (TPSA) is 84.0 Å². The van der Waals surface area contributed by atoms with E-state index in [1.54, 1.807) is 32.2 Å². The molecule has 0 bridgehead atoms. The predicted octanol–water partition coefficient (Wildman–Crippen LogP) is 0.247. The highest BCUT2D eigenvalue weighted by atomic mass is 16.3. The van der Waals surface area contributed by atoms with E-state index in [-0.39, 0.29) is 11.7 Å². The summed E-state index contributed by atoms with van der Waals surface area (Å²) in [4.78, 5) is 14.1. The molecule has 4 N–H and O–H groups in total. The van der Waals surface area contributed by atoms with Crippen LogP contribution in [0.2, 0.25) is 0 Å². The molecule has 0 radical (unpaired) electrons. The molecule has 2 atom stereocenters. The van der Waals surface area contributed by atoms with Crippen LogP contribution in [0.1, 0.15) is 18.6 Å². The van der Waals surface area contributed by atoms with Crippen molar-refractivity contribution in [1.82, 2.24) is 9.55 Å². The minimum atomic E-state index is -0.715. The molecule has 16 heavy (non-hydrogen) atoms. The minimum Gasteiger partial charge on any atom is -0.387 e. The first-order valence-corrected chi connectivity index (χ1v) is 5.13. The maximum atomic E-state index is 11.4. The van der Waals surface area contributed by atoms with Crippen LogP contribution in [-0.4, -0.2) is 20.7 Å². The summed E-state index contributed by atoms with van der Waals surface area (Å²) in [5.74, 6) is 0. The van der Waals surface area contributed by atoms with Gasteiger partial charge in [0.05, 0.1) is 17.1 Å². The van der Waals surface area contributed by atoms with Crippen molar-refractivity contribution in [3.05, 3.63) is 34.2 Å². The van der Waals surface area contributed by atoms with Crippen LogP contribution in [0.4, 0.5) is 0 Å². The number of hydrogen-bond acceptors (Lipinski definition) is 3. The fourth-order valence-corrected chi connectivity index (χ4v) is 1.74. The number of rotatable bonds is 2. The van der Waals surface area contributed by atoms with Crippen molar-refractivity contribution in [2.45, 2.75) is 19.1 Å². The molecule has 0 aliphatic rings. The molecule has 0 spiro atoms. The highest BCUT2D eigenvalue weighted by Crippen LogP contribution is 2.19. The molecule has 0 saturated heterocycles. The number of hydrogen-bond donors (Lipinski definition) is 3. The molecule has 5 nitrogen and oxygen atoms in total. The Labute approximate surface area is 92.5 Å². The molecular formula is C11H15N3O2. The van der Waals surface area contributed by atoms with Gasteiger partial charge in [0.2, 0.25) is 0 Å². The molecule has 1 heterocycles. The standard InChI is InChI=1S/C11H15N3O2/c1-6(12)10(15)7-3-4-9-8(5-7)13-11(16)14(9)2/h3-6,10,15H,12H2,1-2H3,(H,13,16). The number of benzene rings is 1. The van der Waals surface area contributed by atoms with Crippen LogP contribution in [0.3, 0.4) is 0 Å². The summed E-state index contributed by atoms with van der Waals surface area (Å²) in [7, 11) is 1.70. The third-order valence-electron chi connectivity index (χ3n) is 2.77. The summed E-state index contributed by atoms with van der Waals surface area (Å²) in [6.07, 6.45) is -0.715. The van der Waals surface area contributed by atoms with E-state index in [0.717, 1.165) is 5.52 Å². The first kappa shape index (κ1) is 10.9. The third-order valence-corrected chi connectivity index (χ3v) is 2.77. The lowest BCUT2D eigenvalue weighted by molar-refractivity contribution is 0.153. The molecule has 0 amide bonds. The van der Waals surface area contributed by atoms with Crippen LogP contribution in [-0.2, 0) is 7.05 Å². The zero-order chi connectivity index (χ0) is 11.9. The van der Waals surface area contributed by atoms with E-state index >= 15 is 0 Å². The molecule has 0 aliphatic heterocycles. The third kappa shape index (κ3) is 1.64. The van der Waals surface area contributed by atoms with E-state index in [9.17, 15) is 9.90 Å². The Morgan fingerprint density at radius 3 is 2.81 bits per heavy atom. The van der Waals surface area contributed by atoms with E-state index in [4.69, 9.17) is 5.73 Å². The van der Waals surface area contributed by atoms with Crippen molar-refractivity contribution in [3.63, 3.8) is 0 Å². The Kier molecular flexibility index (Phi) is 2.57. The van der Waals surface area contributed by atoms with E-state index in [0.29, 0.717) is 11.1 Å². The first-order valence-electron chi connectivity index (χ1n) is 5.13. The number of aliphatic hydroxyl groups is 1. The summed E-state index contributed by atoms with van der Waals surface area (Å²) in [5, 5.41) is 9.81. The van der Waals surface area contributed by atoms with E-state index in [1.807, 2.05) is 0 Å². The number of fused-ring (bicyclic) bond motifs is 1. The summed E-state index contributed by atoms with van der Waals surface area (Å²) in [6, 6.07) is 5.00. The van der Waals surface area contributed by atoms with Gasteiger partial charge in [0.25, 0.3) is 0 Å². The van der Waals surface area contributed by atoms with E-state index in [1.165, 1.54) is 4.57 Å². The Morgan fingerprint density at radius 1 is 1.50 bits per heavy atom. The van der Waals surface area contributed by atoms with E-state index < -0.39 is 6.10 Å². The molecule has 2 aromatic rings. The number of imidazole rings is 1. The summed E-state index contributed by atoms with van der Waals surface area (Å²) in [6.45, 7) is 1.74. The minimum absolute atomic E-state index is 0.164. The largest absolute Gasteiger partial charge is 0.387 e. The lowest BCUT2D eigenvalue weighted by Crippen LogP contribution is -2.24. The van der Waals surface area contributed by atoms with Gasteiger partial charge in [0.1, 0.15) is 0 Å². The van der Waals surface area contributed by atoms with Gasteiger partial charge in [-0.2, -0.15) is 0 Å². The van der Waals surface area contributed by atoms with E-state index in [2.05, 4.69) is 4.98 Å². The summed E-state index contributed by atoms with van der Waals surface area (Å²) < 4.78 is 1.53. The van der Waals surface area contributed by atoms with Crippen LogP contribution in [0.15, 0.2) is 23.0 Å². The molecule has 5 heteroatoms. The van der Waals surface area contributed by atoms with Crippen molar-refractivity contribution in [2.75, 3.05) is 0 Å². The fourth-order valence-electron chi connectivity index (χ4n) is 1.74. The first-order chi connectivity index (χ1) is 7.50. The van der Waals surface area contributed by atoms with Crippen LogP contribution < -0.4 is 11.4 Å². The number of aliphatic hydroxyl groups excluding tert-OH is 1. The molecule has 2 rings (SSSR count). The zero-order valence-corrected chi connectivity index (χ0v) is 9.27. The van der Waals surface area contributed by atoms with Crippen molar-refractivity contribution < 1.29 is 5.11 Å². The lowest BCUT2D eigenvalue weighted by Gasteiger charge is -2.14. The highest BCUT2D eigenvalue weighted by Gasteiger charge is 2.13. The number of nitrogens with one attached hydrogen (secondary N) is 1. The van der Waals surface area contributed by atoms with Gasteiger partial charge in [-0.15, -0.1) is 0 Å². The molecular weight excluding hydrogens is 206 g/mol. The van der Waals surface area contributed by atoms with Gasteiger partial charge in [-0.05, 0) is 24.6 Å². The molecule has 0 aliphatic carbocycles.